The number of benzene rings is 2. The van der Waals surface area contributed by atoms with E-state index in [0.717, 1.165) is 11.1 Å². The number of rotatable bonds is 5. The minimum absolute atomic E-state index is 0.167. The normalized spacial score (nSPS) is 16.5. The SMILES string of the molecule is O=C1CC[C@@H](C(=O)OCC(=O)c2ccc(-c3ccccc3)cc2)N1. The number of amides is 1. The van der Waals surface area contributed by atoms with Crippen LogP contribution in [0.1, 0.15) is 23.2 Å². The second-order valence-electron chi connectivity index (χ2n) is 5.63. The Morgan fingerprint density at radius 2 is 1.67 bits per heavy atom. The molecule has 1 saturated heterocycles. The summed E-state index contributed by atoms with van der Waals surface area (Å²) in [5.41, 5.74) is 2.57. The number of carbonyl (C=O) groups is 3. The molecule has 0 aliphatic carbocycles. The van der Waals surface area contributed by atoms with Crippen LogP contribution < -0.4 is 5.32 Å². The summed E-state index contributed by atoms with van der Waals surface area (Å²) in [4.78, 5) is 35.0. The van der Waals surface area contributed by atoms with Gasteiger partial charge in [-0.3, -0.25) is 9.59 Å². The molecule has 24 heavy (non-hydrogen) atoms. The van der Waals surface area contributed by atoms with Crippen LogP contribution in [0, 0.1) is 0 Å². The molecule has 5 nitrogen and oxygen atoms in total. The monoisotopic (exact) mass is 323 g/mol. The fourth-order valence-electron chi connectivity index (χ4n) is 2.59. The number of hydrogen-bond acceptors (Lipinski definition) is 4. The number of Topliss-reactive ketones (excluding diaryl/α,β-unsaturated/α-hetero) is 1. The predicted molar refractivity (Wildman–Crippen MR) is 88.3 cm³/mol. The Bertz CT molecular complexity index is 753. The number of ether oxygens (including phenoxy) is 1. The zero-order valence-electron chi connectivity index (χ0n) is 13.0. The summed E-state index contributed by atoms with van der Waals surface area (Å²) in [5.74, 6) is -0.998. The van der Waals surface area contributed by atoms with E-state index in [4.69, 9.17) is 4.74 Å². The lowest BCUT2D eigenvalue weighted by atomic mass is 10.0. The lowest BCUT2D eigenvalue weighted by molar-refractivity contribution is -0.145. The molecule has 2 aromatic carbocycles. The Labute approximate surface area is 139 Å². The van der Waals surface area contributed by atoms with Crippen molar-refractivity contribution >= 4 is 17.7 Å². The van der Waals surface area contributed by atoms with Crippen molar-refractivity contribution in [2.75, 3.05) is 6.61 Å². The Morgan fingerprint density at radius 3 is 2.29 bits per heavy atom. The van der Waals surface area contributed by atoms with E-state index in [9.17, 15) is 14.4 Å². The highest BCUT2D eigenvalue weighted by molar-refractivity contribution is 5.98. The van der Waals surface area contributed by atoms with Gasteiger partial charge in [-0.15, -0.1) is 0 Å². The number of hydrogen-bond donors (Lipinski definition) is 1. The fourth-order valence-corrected chi connectivity index (χ4v) is 2.59. The summed E-state index contributed by atoms with van der Waals surface area (Å²) < 4.78 is 5.00. The molecule has 0 aromatic heterocycles. The minimum Gasteiger partial charge on any atom is -0.456 e. The van der Waals surface area contributed by atoms with E-state index in [2.05, 4.69) is 5.32 Å². The molecule has 2 aromatic rings. The lowest BCUT2D eigenvalue weighted by Crippen LogP contribution is -2.35. The van der Waals surface area contributed by atoms with Gasteiger partial charge in [-0.2, -0.15) is 0 Å². The summed E-state index contributed by atoms with van der Waals surface area (Å²) in [6.45, 7) is -0.324. The maximum absolute atomic E-state index is 12.1. The highest BCUT2D eigenvalue weighted by Crippen LogP contribution is 2.19. The molecule has 1 heterocycles. The van der Waals surface area contributed by atoms with Gasteiger partial charge in [0.05, 0.1) is 0 Å². The third-order valence-electron chi connectivity index (χ3n) is 3.94. The average Bonchev–Trinajstić information content (AvgIpc) is 3.07. The topological polar surface area (TPSA) is 72.5 Å². The van der Waals surface area contributed by atoms with Gasteiger partial charge in [-0.1, -0.05) is 54.6 Å². The van der Waals surface area contributed by atoms with Crippen molar-refractivity contribution in [3.05, 3.63) is 60.2 Å². The minimum atomic E-state index is -0.634. The summed E-state index contributed by atoms with van der Waals surface area (Å²) in [5, 5.41) is 2.52. The molecule has 0 spiro atoms. The van der Waals surface area contributed by atoms with Gasteiger partial charge in [0.15, 0.2) is 12.4 Å². The van der Waals surface area contributed by atoms with E-state index in [-0.39, 0.29) is 18.3 Å². The molecule has 0 saturated carbocycles. The Kier molecular flexibility index (Phi) is 4.70. The molecular weight excluding hydrogens is 306 g/mol. The molecule has 0 bridgehead atoms. The van der Waals surface area contributed by atoms with Gasteiger partial charge in [0, 0.05) is 12.0 Å². The first kappa shape index (κ1) is 15.9. The van der Waals surface area contributed by atoms with Crippen molar-refractivity contribution in [2.45, 2.75) is 18.9 Å². The molecule has 5 heteroatoms. The molecule has 3 rings (SSSR count). The smallest absolute Gasteiger partial charge is 0.329 e. The van der Waals surface area contributed by atoms with Crippen molar-refractivity contribution in [1.82, 2.24) is 5.32 Å². The largest absolute Gasteiger partial charge is 0.456 e. The molecule has 0 radical (unpaired) electrons. The van der Waals surface area contributed by atoms with E-state index in [1.165, 1.54) is 0 Å². The van der Waals surface area contributed by atoms with Crippen LogP contribution in [-0.4, -0.2) is 30.3 Å². The number of ketones is 1. The summed E-state index contributed by atoms with van der Waals surface area (Å²) in [6, 6.07) is 16.4. The van der Waals surface area contributed by atoms with E-state index in [1.54, 1.807) is 12.1 Å². The van der Waals surface area contributed by atoms with Crippen LogP contribution in [0.15, 0.2) is 54.6 Å². The zero-order valence-corrected chi connectivity index (χ0v) is 13.0. The maximum atomic E-state index is 12.1. The van der Waals surface area contributed by atoms with Gasteiger partial charge in [-0.25, -0.2) is 4.79 Å². The maximum Gasteiger partial charge on any atom is 0.329 e. The Balaban J connectivity index is 1.57. The molecule has 1 aliphatic heterocycles. The van der Waals surface area contributed by atoms with Crippen LogP contribution >= 0.6 is 0 Å². The molecule has 1 N–H and O–H groups in total. The van der Waals surface area contributed by atoms with E-state index in [1.807, 2.05) is 42.5 Å². The van der Waals surface area contributed by atoms with Crippen molar-refractivity contribution in [3.63, 3.8) is 0 Å². The quantitative estimate of drug-likeness (QED) is 0.677. The third-order valence-corrected chi connectivity index (χ3v) is 3.94. The van der Waals surface area contributed by atoms with E-state index < -0.39 is 12.0 Å². The van der Waals surface area contributed by atoms with Gasteiger partial charge in [0.1, 0.15) is 6.04 Å². The molecular formula is C19H17NO4. The van der Waals surface area contributed by atoms with Crippen LogP contribution in [0.3, 0.4) is 0 Å². The lowest BCUT2D eigenvalue weighted by Gasteiger charge is -2.10. The molecule has 1 aliphatic rings. The first-order valence-electron chi connectivity index (χ1n) is 7.78. The van der Waals surface area contributed by atoms with Crippen LogP contribution in [-0.2, 0) is 14.3 Å². The van der Waals surface area contributed by atoms with Gasteiger partial charge < -0.3 is 10.1 Å². The van der Waals surface area contributed by atoms with E-state index >= 15 is 0 Å². The van der Waals surface area contributed by atoms with Gasteiger partial charge in [0.25, 0.3) is 0 Å². The van der Waals surface area contributed by atoms with Crippen LogP contribution in [0.5, 0.6) is 0 Å². The van der Waals surface area contributed by atoms with Gasteiger partial charge in [0.2, 0.25) is 5.91 Å². The van der Waals surface area contributed by atoms with Gasteiger partial charge in [-0.05, 0) is 17.5 Å². The number of carbonyl (C=O) groups excluding carboxylic acids is 3. The number of esters is 1. The first-order valence-corrected chi connectivity index (χ1v) is 7.78. The van der Waals surface area contributed by atoms with Crippen molar-refractivity contribution < 1.29 is 19.1 Å². The van der Waals surface area contributed by atoms with E-state index in [0.29, 0.717) is 18.4 Å². The van der Waals surface area contributed by atoms with Crippen LogP contribution in [0.2, 0.25) is 0 Å². The second kappa shape index (κ2) is 7.08. The molecule has 0 unspecified atom stereocenters. The third kappa shape index (κ3) is 3.68. The van der Waals surface area contributed by atoms with Crippen molar-refractivity contribution in [2.24, 2.45) is 0 Å². The standard InChI is InChI=1S/C19H17NO4/c21-17(12-24-19(23)16-10-11-18(22)20-16)15-8-6-14(7-9-15)13-4-2-1-3-5-13/h1-9,16H,10-12H2,(H,20,22)/t16-/m0/s1. The fraction of sp³-hybridized carbons (Fsp3) is 0.211. The van der Waals surface area contributed by atoms with Crippen molar-refractivity contribution in [1.29, 1.82) is 0 Å². The van der Waals surface area contributed by atoms with Crippen LogP contribution in [0.4, 0.5) is 0 Å². The Morgan fingerprint density at radius 1 is 1.00 bits per heavy atom. The summed E-state index contributed by atoms with van der Waals surface area (Å²) in [7, 11) is 0. The summed E-state index contributed by atoms with van der Waals surface area (Å²) in [6.07, 6.45) is 0.728. The van der Waals surface area contributed by atoms with Gasteiger partial charge >= 0.3 is 5.97 Å². The molecule has 1 amide bonds. The summed E-state index contributed by atoms with van der Waals surface area (Å²) >= 11 is 0. The molecule has 1 atom stereocenters. The van der Waals surface area contributed by atoms with Crippen molar-refractivity contribution in [3.8, 4) is 11.1 Å². The molecule has 122 valence electrons. The first-order chi connectivity index (χ1) is 11.6. The zero-order chi connectivity index (χ0) is 16.9. The second-order valence-corrected chi connectivity index (χ2v) is 5.63. The highest BCUT2D eigenvalue weighted by Gasteiger charge is 2.28. The predicted octanol–water partition coefficient (Wildman–Crippen LogP) is 2.36. The Hall–Kier alpha value is -2.95. The highest BCUT2D eigenvalue weighted by atomic mass is 16.5. The van der Waals surface area contributed by atoms with Crippen LogP contribution in [0.25, 0.3) is 11.1 Å². The molecule has 1 fully saturated rings. The number of nitrogens with one attached hydrogen (secondary N) is 1. The average molecular weight is 323 g/mol.